The second-order valence-electron chi connectivity index (χ2n) is 7.81. The van der Waals surface area contributed by atoms with E-state index in [0.29, 0.717) is 24.2 Å². The Labute approximate surface area is 162 Å². The molecule has 8 heteroatoms. The van der Waals surface area contributed by atoms with Crippen LogP contribution in [0.5, 0.6) is 0 Å². The molecule has 0 spiro atoms. The van der Waals surface area contributed by atoms with Gasteiger partial charge in [-0.15, -0.1) is 5.10 Å². The first-order chi connectivity index (χ1) is 13.7. The summed E-state index contributed by atoms with van der Waals surface area (Å²) < 4.78 is 9.13. The van der Waals surface area contributed by atoms with Gasteiger partial charge in [0.15, 0.2) is 5.82 Å². The number of piperidine rings is 1. The van der Waals surface area contributed by atoms with Gasteiger partial charge in [-0.2, -0.15) is 5.10 Å². The maximum atomic E-state index is 12.2. The third-order valence-electron chi connectivity index (χ3n) is 5.64. The molecule has 0 atom stereocenters. The molecular formula is C20H24N6O2. The lowest BCUT2D eigenvalue weighted by Gasteiger charge is -2.31. The number of aromatic nitrogens is 5. The smallest absolute Gasteiger partial charge is 0.266 e. The average Bonchev–Trinajstić information content (AvgIpc) is 3.21. The Morgan fingerprint density at radius 1 is 1.14 bits per heavy atom. The Hall–Kier alpha value is -2.74. The summed E-state index contributed by atoms with van der Waals surface area (Å²) in [5.41, 5.74) is -0.0641. The van der Waals surface area contributed by atoms with E-state index in [1.54, 1.807) is 27.7 Å². The van der Waals surface area contributed by atoms with Gasteiger partial charge in [-0.1, -0.05) is 0 Å². The van der Waals surface area contributed by atoms with Gasteiger partial charge in [0, 0.05) is 30.9 Å². The zero-order chi connectivity index (χ0) is 18.9. The van der Waals surface area contributed by atoms with Crippen molar-refractivity contribution in [2.24, 2.45) is 5.92 Å². The summed E-state index contributed by atoms with van der Waals surface area (Å²) in [6.07, 6.45) is 9.96. The Kier molecular flexibility index (Phi) is 4.56. The number of nitrogens with zero attached hydrogens (tertiary/aromatic N) is 6. The van der Waals surface area contributed by atoms with Crippen LogP contribution in [0.4, 0.5) is 0 Å². The molecule has 0 bridgehead atoms. The van der Waals surface area contributed by atoms with Crippen LogP contribution in [0.2, 0.25) is 0 Å². The third-order valence-corrected chi connectivity index (χ3v) is 5.64. The molecule has 1 aliphatic carbocycles. The number of likely N-dealkylation sites (tertiary alicyclic amines) is 1. The molecule has 28 heavy (non-hydrogen) atoms. The fourth-order valence-corrected chi connectivity index (χ4v) is 3.81. The predicted octanol–water partition coefficient (Wildman–Crippen LogP) is 2.21. The van der Waals surface area contributed by atoms with E-state index >= 15 is 0 Å². The molecule has 2 aliphatic rings. The molecule has 3 aromatic rings. The van der Waals surface area contributed by atoms with Gasteiger partial charge < -0.3 is 4.42 Å². The number of oxazole rings is 1. The molecule has 1 aliphatic heterocycles. The van der Waals surface area contributed by atoms with Crippen molar-refractivity contribution >= 4 is 0 Å². The number of rotatable bonds is 6. The standard InChI is InChI=1S/C20H24N6O2/c27-20-5-4-18(25-9-1-8-22-25)23-26(20)13-15-6-10-24(11-7-15)14-19-21-12-17(28-19)16-2-3-16/h1,4-5,8-9,12,15-16H,2-3,6-7,10-11,13-14H2. The zero-order valence-corrected chi connectivity index (χ0v) is 15.8. The van der Waals surface area contributed by atoms with Gasteiger partial charge in [0.1, 0.15) is 5.76 Å². The average molecular weight is 380 g/mol. The second-order valence-corrected chi connectivity index (χ2v) is 7.81. The monoisotopic (exact) mass is 380 g/mol. The van der Waals surface area contributed by atoms with E-state index in [2.05, 4.69) is 20.1 Å². The minimum absolute atomic E-state index is 0.0641. The van der Waals surface area contributed by atoms with Crippen LogP contribution in [0, 0.1) is 5.92 Å². The minimum atomic E-state index is -0.0641. The van der Waals surface area contributed by atoms with Crippen molar-refractivity contribution in [3.05, 3.63) is 58.8 Å². The van der Waals surface area contributed by atoms with E-state index in [-0.39, 0.29) is 5.56 Å². The second kappa shape index (κ2) is 7.35. The van der Waals surface area contributed by atoms with Gasteiger partial charge in [-0.3, -0.25) is 9.69 Å². The van der Waals surface area contributed by atoms with Gasteiger partial charge in [0.2, 0.25) is 5.89 Å². The van der Waals surface area contributed by atoms with Crippen molar-refractivity contribution < 1.29 is 4.42 Å². The highest BCUT2D eigenvalue weighted by Gasteiger charge is 2.28. The van der Waals surface area contributed by atoms with Crippen LogP contribution in [-0.4, -0.2) is 42.5 Å². The van der Waals surface area contributed by atoms with Crippen molar-refractivity contribution in [1.29, 1.82) is 0 Å². The summed E-state index contributed by atoms with van der Waals surface area (Å²) in [5.74, 6) is 3.59. The van der Waals surface area contributed by atoms with Crippen molar-refractivity contribution in [1.82, 2.24) is 29.4 Å². The number of hydrogen-bond acceptors (Lipinski definition) is 6. The molecule has 4 heterocycles. The summed E-state index contributed by atoms with van der Waals surface area (Å²) >= 11 is 0. The Bertz CT molecular complexity index is 980. The topological polar surface area (TPSA) is 82.0 Å². The van der Waals surface area contributed by atoms with Crippen LogP contribution in [0.15, 0.2) is 46.0 Å². The summed E-state index contributed by atoms with van der Waals surface area (Å²) in [7, 11) is 0. The molecule has 0 amide bonds. The van der Waals surface area contributed by atoms with Crippen LogP contribution in [0.1, 0.15) is 43.3 Å². The molecule has 1 saturated heterocycles. The molecule has 0 N–H and O–H groups in total. The lowest BCUT2D eigenvalue weighted by Crippen LogP contribution is -2.36. The zero-order valence-electron chi connectivity index (χ0n) is 15.8. The summed E-state index contributed by atoms with van der Waals surface area (Å²) in [5, 5.41) is 8.67. The van der Waals surface area contributed by atoms with Gasteiger partial charge in [-0.25, -0.2) is 14.3 Å². The fourth-order valence-electron chi connectivity index (χ4n) is 3.81. The molecule has 0 aromatic carbocycles. The van der Waals surface area contributed by atoms with Crippen LogP contribution in [-0.2, 0) is 13.1 Å². The number of hydrogen-bond donors (Lipinski definition) is 0. The van der Waals surface area contributed by atoms with Crippen LogP contribution in [0.3, 0.4) is 0 Å². The SMILES string of the molecule is O=c1ccc(-n2cccn2)nn1CC1CCN(Cc2ncc(C3CC3)o2)CC1. The summed E-state index contributed by atoms with van der Waals surface area (Å²) in [6, 6.07) is 5.12. The van der Waals surface area contributed by atoms with Gasteiger partial charge in [0.25, 0.3) is 5.56 Å². The molecule has 0 unspecified atom stereocenters. The molecule has 8 nitrogen and oxygen atoms in total. The summed E-state index contributed by atoms with van der Waals surface area (Å²) in [4.78, 5) is 19.0. The van der Waals surface area contributed by atoms with Crippen molar-refractivity contribution in [2.45, 2.75) is 44.7 Å². The molecule has 146 valence electrons. The molecule has 0 radical (unpaired) electrons. The van der Waals surface area contributed by atoms with Crippen LogP contribution >= 0.6 is 0 Å². The highest BCUT2D eigenvalue weighted by Crippen LogP contribution is 2.40. The molecule has 1 saturated carbocycles. The minimum Gasteiger partial charge on any atom is -0.444 e. The fraction of sp³-hybridized carbons (Fsp3) is 0.500. The maximum Gasteiger partial charge on any atom is 0.266 e. The van der Waals surface area contributed by atoms with E-state index in [0.717, 1.165) is 44.1 Å². The Morgan fingerprint density at radius 2 is 2.00 bits per heavy atom. The highest BCUT2D eigenvalue weighted by molar-refractivity contribution is 5.17. The summed E-state index contributed by atoms with van der Waals surface area (Å²) in [6.45, 7) is 3.39. The maximum absolute atomic E-state index is 12.2. The third kappa shape index (κ3) is 3.77. The van der Waals surface area contributed by atoms with Crippen molar-refractivity contribution in [2.75, 3.05) is 13.1 Å². The van der Waals surface area contributed by atoms with Gasteiger partial charge >= 0.3 is 0 Å². The highest BCUT2D eigenvalue weighted by atomic mass is 16.4. The Morgan fingerprint density at radius 3 is 2.75 bits per heavy atom. The van der Waals surface area contributed by atoms with E-state index < -0.39 is 0 Å². The normalized spacial score (nSPS) is 18.6. The van der Waals surface area contributed by atoms with Crippen LogP contribution in [0.25, 0.3) is 5.82 Å². The quantitative estimate of drug-likeness (QED) is 0.652. The van der Waals surface area contributed by atoms with E-state index in [9.17, 15) is 4.79 Å². The van der Waals surface area contributed by atoms with E-state index in [1.165, 1.54) is 12.8 Å². The first kappa shape index (κ1) is 17.4. The molecular weight excluding hydrogens is 356 g/mol. The molecule has 3 aromatic heterocycles. The van der Waals surface area contributed by atoms with E-state index in [4.69, 9.17) is 4.42 Å². The van der Waals surface area contributed by atoms with Crippen molar-refractivity contribution in [3.8, 4) is 5.82 Å². The lowest BCUT2D eigenvalue weighted by molar-refractivity contribution is 0.151. The first-order valence-corrected chi connectivity index (χ1v) is 10.00. The first-order valence-electron chi connectivity index (χ1n) is 10.00. The molecule has 2 fully saturated rings. The Balaban J connectivity index is 1.18. The predicted molar refractivity (Wildman–Crippen MR) is 102 cm³/mol. The lowest BCUT2D eigenvalue weighted by atomic mass is 9.97. The van der Waals surface area contributed by atoms with Crippen molar-refractivity contribution in [3.63, 3.8) is 0 Å². The van der Waals surface area contributed by atoms with Gasteiger partial charge in [0.05, 0.1) is 12.7 Å². The van der Waals surface area contributed by atoms with E-state index in [1.807, 2.05) is 18.5 Å². The van der Waals surface area contributed by atoms with Gasteiger partial charge in [-0.05, 0) is 56.8 Å². The molecule has 5 rings (SSSR count). The largest absolute Gasteiger partial charge is 0.444 e. The van der Waals surface area contributed by atoms with Crippen LogP contribution < -0.4 is 5.56 Å².